The highest BCUT2D eigenvalue weighted by Crippen LogP contribution is 2.26. The van der Waals surface area contributed by atoms with Gasteiger partial charge in [-0.3, -0.25) is 4.79 Å². The molecule has 0 saturated carbocycles. The Morgan fingerprint density at radius 2 is 2.15 bits per heavy atom. The maximum absolute atomic E-state index is 11.6. The van der Waals surface area contributed by atoms with Crippen molar-refractivity contribution in [2.75, 3.05) is 12.4 Å². The van der Waals surface area contributed by atoms with E-state index in [4.69, 9.17) is 11.6 Å². The maximum atomic E-state index is 11.6. The number of ketones is 1. The van der Waals surface area contributed by atoms with Crippen LogP contribution in [0.25, 0.3) is 0 Å². The normalized spacial score (nSPS) is 10.3. The van der Waals surface area contributed by atoms with Crippen LogP contribution in [-0.2, 0) is 11.3 Å². The molecule has 0 aliphatic rings. The zero-order valence-corrected chi connectivity index (χ0v) is 13.1. The molecule has 8 heteroatoms. The molecule has 0 atom stereocenters. The highest BCUT2D eigenvalue weighted by molar-refractivity contribution is 7.18. The molecule has 0 aliphatic carbocycles. The average Bonchev–Trinajstić information content (AvgIpc) is 3.01. The number of halogens is 1. The molecular weight excluding hydrogens is 320 g/mol. The molecule has 0 amide bonds. The van der Waals surface area contributed by atoms with Crippen molar-refractivity contribution in [1.82, 2.24) is 4.98 Å². The van der Waals surface area contributed by atoms with Gasteiger partial charge in [-0.2, -0.15) is 0 Å². The highest BCUT2D eigenvalue weighted by Gasteiger charge is 2.21. The smallest absolute Gasteiger partial charge is 0.358 e. The van der Waals surface area contributed by atoms with Crippen LogP contribution in [0.2, 0.25) is 4.34 Å². The topological polar surface area (TPSA) is 68.3 Å². The number of carbonyl (C=O) groups excluding carboxylic acids is 2. The summed E-state index contributed by atoms with van der Waals surface area (Å²) in [7, 11) is 1.26. The van der Waals surface area contributed by atoms with Crippen LogP contribution >= 0.6 is 34.3 Å². The standard InChI is InChI=1S/C12H11ClN2O3S2/c1-6(16)10-9(11(17)18-2)15-12(20-10)14-5-7-3-4-8(13)19-7/h3-4H,5H2,1-2H3,(H,14,15). The van der Waals surface area contributed by atoms with Crippen LogP contribution in [-0.4, -0.2) is 23.8 Å². The first kappa shape index (κ1) is 15.0. The van der Waals surface area contributed by atoms with Crippen LogP contribution in [0.15, 0.2) is 12.1 Å². The summed E-state index contributed by atoms with van der Waals surface area (Å²) in [5.41, 5.74) is 0.0525. The Morgan fingerprint density at radius 1 is 1.40 bits per heavy atom. The van der Waals surface area contributed by atoms with Crippen molar-refractivity contribution in [1.29, 1.82) is 0 Å². The molecule has 0 bridgehead atoms. The Kier molecular flexibility index (Phi) is 4.74. The van der Waals surface area contributed by atoms with Crippen LogP contribution in [0.3, 0.4) is 0 Å². The first-order valence-corrected chi connectivity index (χ1v) is 7.60. The Labute approximate surface area is 128 Å². The molecule has 0 unspecified atom stereocenters. The van der Waals surface area contributed by atoms with Crippen molar-refractivity contribution in [3.63, 3.8) is 0 Å². The highest BCUT2D eigenvalue weighted by atomic mass is 35.5. The van der Waals surface area contributed by atoms with Crippen LogP contribution in [0.4, 0.5) is 5.13 Å². The lowest BCUT2D eigenvalue weighted by atomic mass is 10.3. The number of hydrogen-bond donors (Lipinski definition) is 1. The number of thiazole rings is 1. The summed E-state index contributed by atoms with van der Waals surface area (Å²) in [5, 5.41) is 3.57. The summed E-state index contributed by atoms with van der Waals surface area (Å²) in [4.78, 5) is 28.5. The van der Waals surface area contributed by atoms with E-state index in [9.17, 15) is 9.59 Å². The lowest BCUT2D eigenvalue weighted by molar-refractivity contribution is 0.0591. The molecule has 0 radical (unpaired) electrons. The molecule has 0 spiro atoms. The minimum absolute atomic E-state index is 0.0525. The van der Waals surface area contributed by atoms with E-state index < -0.39 is 5.97 Å². The summed E-state index contributed by atoms with van der Waals surface area (Å²) in [6, 6.07) is 3.71. The number of esters is 1. The molecule has 5 nitrogen and oxygen atoms in total. The van der Waals surface area contributed by atoms with Crippen molar-refractivity contribution in [3.8, 4) is 0 Å². The van der Waals surface area contributed by atoms with Crippen molar-refractivity contribution in [2.24, 2.45) is 0 Å². The number of rotatable bonds is 5. The fourth-order valence-electron chi connectivity index (χ4n) is 1.48. The molecule has 0 saturated heterocycles. The van der Waals surface area contributed by atoms with Gasteiger partial charge in [-0.1, -0.05) is 22.9 Å². The van der Waals surface area contributed by atoms with E-state index in [1.54, 1.807) is 0 Å². The van der Waals surface area contributed by atoms with Gasteiger partial charge in [-0.05, 0) is 12.1 Å². The molecule has 106 valence electrons. The van der Waals surface area contributed by atoms with Gasteiger partial charge < -0.3 is 10.1 Å². The molecule has 2 heterocycles. The van der Waals surface area contributed by atoms with Crippen molar-refractivity contribution in [3.05, 3.63) is 31.9 Å². The van der Waals surface area contributed by atoms with E-state index in [2.05, 4.69) is 15.0 Å². The van der Waals surface area contributed by atoms with Gasteiger partial charge in [0, 0.05) is 11.8 Å². The number of aromatic nitrogens is 1. The second-order valence-electron chi connectivity index (χ2n) is 3.80. The van der Waals surface area contributed by atoms with Crippen LogP contribution in [0.5, 0.6) is 0 Å². The maximum Gasteiger partial charge on any atom is 0.358 e. The number of ether oxygens (including phenoxy) is 1. The summed E-state index contributed by atoms with van der Waals surface area (Å²) in [5.74, 6) is -0.825. The van der Waals surface area contributed by atoms with Crippen molar-refractivity contribution in [2.45, 2.75) is 13.5 Å². The number of methoxy groups -OCH3 is 1. The van der Waals surface area contributed by atoms with Crippen LogP contribution in [0.1, 0.15) is 32.0 Å². The number of nitrogens with zero attached hydrogens (tertiary/aromatic N) is 1. The van der Waals surface area contributed by atoms with Gasteiger partial charge in [-0.25, -0.2) is 9.78 Å². The molecule has 0 fully saturated rings. The van der Waals surface area contributed by atoms with Gasteiger partial charge in [-0.15, -0.1) is 11.3 Å². The number of hydrogen-bond acceptors (Lipinski definition) is 7. The Balaban J connectivity index is 2.16. The molecule has 2 rings (SSSR count). The molecular formula is C12H11ClN2O3S2. The number of nitrogens with one attached hydrogen (secondary N) is 1. The Bertz CT molecular complexity index is 651. The Hall–Kier alpha value is -1.44. The number of Topliss-reactive ketones (excluding diaryl/α,β-unsaturated/α-hetero) is 1. The van der Waals surface area contributed by atoms with E-state index in [0.717, 1.165) is 16.2 Å². The molecule has 0 aliphatic heterocycles. The zero-order chi connectivity index (χ0) is 14.7. The first-order chi connectivity index (χ1) is 9.51. The summed E-state index contributed by atoms with van der Waals surface area (Å²) in [6.07, 6.45) is 0. The minimum atomic E-state index is -0.612. The largest absolute Gasteiger partial charge is 0.464 e. The zero-order valence-electron chi connectivity index (χ0n) is 10.7. The lowest BCUT2D eigenvalue weighted by Crippen LogP contribution is -2.07. The predicted octanol–water partition coefficient (Wildman–Crippen LogP) is 3.46. The third-order valence-electron chi connectivity index (χ3n) is 2.37. The second-order valence-corrected chi connectivity index (χ2v) is 6.60. The number of carbonyl (C=O) groups is 2. The van der Waals surface area contributed by atoms with E-state index in [-0.39, 0.29) is 11.5 Å². The number of thiophene rings is 1. The quantitative estimate of drug-likeness (QED) is 0.671. The minimum Gasteiger partial charge on any atom is -0.464 e. The monoisotopic (exact) mass is 330 g/mol. The fourth-order valence-corrected chi connectivity index (χ4v) is 3.35. The predicted molar refractivity (Wildman–Crippen MR) is 80.1 cm³/mol. The average molecular weight is 331 g/mol. The molecule has 2 aromatic heterocycles. The third-order valence-corrected chi connectivity index (χ3v) is 4.71. The van der Waals surface area contributed by atoms with Crippen LogP contribution < -0.4 is 5.32 Å². The van der Waals surface area contributed by atoms with Gasteiger partial charge in [0.2, 0.25) is 0 Å². The SMILES string of the molecule is COC(=O)c1nc(NCc2ccc(Cl)s2)sc1C(C)=O. The summed E-state index contributed by atoms with van der Waals surface area (Å²) in [6.45, 7) is 1.92. The molecule has 2 aromatic rings. The van der Waals surface area contributed by atoms with Crippen molar-refractivity contribution < 1.29 is 14.3 Å². The molecule has 1 N–H and O–H groups in total. The summed E-state index contributed by atoms with van der Waals surface area (Å²) >= 11 is 8.44. The molecule has 20 heavy (non-hydrogen) atoms. The lowest BCUT2D eigenvalue weighted by Gasteiger charge is -1.98. The van der Waals surface area contributed by atoms with Gasteiger partial charge in [0.15, 0.2) is 16.6 Å². The van der Waals surface area contributed by atoms with E-state index >= 15 is 0 Å². The number of anilines is 1. The Morgan fingerprint density at radius 3 is 2.70 bits per heavy atom. The van der Waals surface area contributed by atoms with Crippen molar-refractivity contribution >= 4 is 51.2 Å². The fraction of sp³-hybridized carbons (Fsp3) is 0.250. The second kappa shape index (κ2) is 6.34. The van der Waals surface area contributed by atoms with Gasteiger partial charge in [0.1, 0.15) is 4.88 Å². The third kappa shape index (κ3) is 3.36. The van der Waals surface area contributed by atoms with Gasteiger partial charge in [0.25, 0.3) is 0 Å². The van der Waals surface area contributed by atoms with Gasteiger partial charge in [0.05, 0.1) is 18.0 Å². The van der Waals surface area contributed by atoms with Crippen LogP contribution in [0, 0.1) is 0 Å². The van der Waals surface area contributed by atoms with E-state index in [0.29, 0.717) is 20.9 Å². The van der Waals surface area contributed by atoms with Gasteiger partial charge >= 0.3 is 5.97 Å². The summed E-state index contributed by atoms with van der Waals surface area (Å²) < 4.78 is 5.33. The molecule has 0 aromatic carbocycles. The van der Waals surface area contributed by atoms with E-state index in [1.165, 1.54) is 25.4 Å². The van der Waals surface area contributed by atoms with E-state index in [1.807, 2.05) is 12.1 Å². The first-order valence-electron chi connectivity index (χ1n) is 5.59.